The predicted molar refractivity (Wildman–Crippen MR) is 44.3 cm³/mol. The first-order valence-electron chi connectivity index (χ1n) is 3.60. The van der Waals surface area contributed by atoms with E-state index in [9.17, 15) is 9.59 Å². The highest BCUT2D eigenvalue weighted by molar-refractivity contribution is 6.62. The predicted octanol–water partition coefficient (Wildman–Crippen LogP) is 0.0997. The van der Waals surface area contributed by atoms with Crippen molar-refractivity contribution in [3.63, 3.8) is 0 Å². The lowest BCUT2D eigenvalue weighted by Crippen LogP contribution is -2.29. The zero-order chi connectivity index (χ0) is 11.0. The first-order valence-corrected chi connectivity index (χ1v) is 3.60. The number of carbonyl (C=O) groups is 2. The van der Waals surface area contributed by atoms with Gasteiger partial charge in [0.1, 0.15) is 0 Å². The monoisotopic (exact) mass is 197 g/mol. The third kappa shape index (κ3) is 3.48. The Morgan fingerprint density at radius 2 is 2.07 bits per heavy atom. The van der Waals surface area contributed by atoms with Crippen molar-refractivity contribution in [2.45, 2.75) is 6.92 Å². The summed E-state index contributed by atoms with van der Waals surface area (Å²) in [6, 6.07) is 0. The minimum Gasteiger partial charge on any atom is -0.457 e. The summed E-state index contributed by atoms with van der Waals surface area (Å²) in [5.41, 5.74) is 15.4. The van der Waals surface area contributed by atoms with Crippen molar-refractivity contribution in [1.29, 1.82) is 0 Å². The number of ether oxygens (including phenoxy) is 1. The number of carbonyl (C=O) groups excluding carboxylic acids is 2. The molecule has 0 rings (SSSR count). The van der Waals surface area contributed by atoms with Gasteiger partial charge in [-0.1, -0.05) is 5.11 Å². The fourth-order valence-corrected chi connectivity index (χ4v) is 0.581. The number of hydrogen-bond acceptors (Lipinski definition) is 4. The summed E-state index contributed by atoms with van der Waals surface area (Å²) in [5.74, 6) is -1.95. The molecule has 0 radical (unpaired) electrons. The van der Waals surface area contributed by atoms with Gasteiger partial charge in [-0.05, 0) is 12.5 Å². The maximum Gasteiger partial charge on any atom is 0.441 e. The highest BCUT2D eigenvalue weighted by Gasteiger charge is 2.29. The summed E-state index contributed by atoms with van der Waals surface area (Å²) in [4.78, 5) is 26.7. The second kappa shape index (κ2) is 6.36. The van der Waals surface area contributed by atoms with Crippen molar-refractivity contribution >= 4 is 17.5 Å². The van der Waals surface area contributed by atoms with Crippen molar-refractivity contribution in [3.8, 4) is 0 Å². The minimum absolute atomic E-state index is 0.0483. The summed E-state index contributed by atoms with van der Waals surface area (Å²) < 4.78 is 4.41. The Hall–Kier alpha value is -2.17. The van der Waals surface area contributed by atoms with E-state index in [1.807, 2.05) is 0 Å². The van der Waals surface area contributed by atoms with E-state index in [2.05, 4.69) is 19.6 Å². The molecule has 0 aromatic rings. The summed E-state index contributed by atoms with van der Waals surface area (Å²) in [7, 11) is 0. The Morgan fingerprint density at radius 1 is 1.43 bits per heavy atom. The molecule has 0 aliphatic heterocycles. The number of ketones is 1. The molecule has 0 unspecified atom stereocenters. The first kappa shape index (κ1) is 11.8. The average Bonchev–Trinajstić information content (AvgIpc) is 2.16. The van der Waals surface area contributed by atoms with Crippen LogP contribution in [0.5, 0.6) is 0 Å². The Labute approximate surface area is 78.7 Å². The first-order chi connectivity index (χ1) is 6.67. The van der Waals surface area contributed by atoms with E-state index in [-0.39, 0.29) is 6.61 Å². The molecule has 0 N–H and O–H groups in total. The number of Topliss-reactive ketones (excluding diaryl/α,β-unsaturated/α-hetero) is 1. The van der Waals surface area contributed by atoms with Gasteiger partial charge in [0.25, 0.3) is 5.78 Å². The largest absolute Gasteiger partial charge is 0.457 e. The Balaban J connectivity index is 4.58. The average molecular weight is 197 g/mol. The van der Waals surface area contributed by atoms with Crippen molar-refractivity contribution in [1.82, 2.24) is 0 Å². The van der Waals surface area contributed by atoms with Crippen LogP contribution in [0.25, 0.3) is 16.0 Å². The van der Waals surface area contributed by atoms with Crippen molar-refractivity contribution in [2.24, 2.45) is 5.11 Å². The standard InChI is InChI=1S/C6H7N5O3/c1-2-14-6(13)5(10-7)4(12)3-9-11-8/h2-3H2,1H3. The topological polar surface area (TPSA) is 129 Å². The van der Waals surface area contributed by atoms with Crippen molar-refractivity contribution in [2.75, 3.05) is 13.2 Å². The van der Waals surface area contributed by atoms with Gasteiger partial charge < -0.3 is 10.3 Å². The van der Waals surface area contributed by atoms with E-state index in [0.29, 0.717) is 0 Å². The third-order valence-electron chi connectivity index (χ3n) is 1.11. The van der Waals surface area contributed by atoms with Gasteiger partial charge in [-0.3, -0.25) is 4.79 Å². The molecular formula is C6H7N5O3. The summed E-state index contributed by atoms with van der Waals surface area (Å²) in [6.45, 7) is 0.992. The molecule has 8 nitrogen and oxygen atoms in total. The number of hydrogen-bond donors (Lipinski definition) is 0. The third-order valence-corrected chi connectivity index (χ3v) is 1.11. The Kier molecular flexibility index (Phi) is 5.37. The highest BCUT2D eigenvalue weighted by Crippen LogP contribution is 1.86. The molecule has 0 atom stereocenters. The minimum atomic E-state index is -1.05. The lowest BCUT2D eigenvalue weighted by molar-refractivity contribution is -0.141. The maximum atomic E-state index is 11.0. The van der Waals surface area contributed by atoms with Gasteiger partial charge in [0.05, 0.1) is 13.2 Å². The summed E-state index contributed by atoms with van der Waals surface area (Å²) >= 11 is 0. The molecule has 14 heavy (non-hydrogen) atoms. The van der Waals surface area contributed by atoms with E-state index in [1.165, 1.54) is 6.92 Å². The van der Waals surface area contributed by atoms with Crippen LogP contribution >= 0.6 is 0 Å². The van der Waals surface area contributed by atoms with Crippen LogP contribution in [0.15, 0.2) is 5.11 Å². The van der Waals surface area contributed by atoms with Crippen LogP contribution in [-0.2, 0) is 14.3 Å². The fourth-order valence-electron chi connectivity index (χ4n) is 0.581. The number of rotatable bonds is 5. The van der Waals surface area contributed by atoms with Gasteiger partial charge in [0.2, 0.25) is 0 Å². The molecule has 0 bridgehead atoms. The number of esters is 1. The van der Waals surface area contributed by atoms with E-state index >= 15 is 0 Å². The van der Waals surface area contributed by atoms with Gasteiger partial charge in [0.15, 0.2) is 0 Å². The highest BCUT2D eigenvalue weighted by atomic mass is 16.5. The Morgan fingerprint density at radius 3 is 2.50 bits per heavy atom. The van der Waals surface area contributed by atoms with Crippen LogP contribution in [0.1, 0.15) is 6.92 Å². The number of nitrogens with zero attached hydrogens (tertiary/aromatic N) is 5. The van der Waals surface area contributed by atoms with Crippen LogP contribution < -0.4 is 0 Å². The van der Waals surface area contributed by atoms with Crippen LogP contribution in [0.2, 0.25) is 0 Å². The zero-order valence-electron chi connectivity index (χ0n) is 7.38. The summed E-state index contributed by atoms with van der Waals surface area (Å²) in [5, 5.41) is 2.91. The molecule has 0 aliphatic rings. The van der Waals surface area contributed by atoms with Crippen molar-refractivity contribution < 1.29 is 19.1 Å². The molecular weight excluding hydrogens is 190 g/mol. The van der Waals surface area contributed by atoms with Gasteiger partial charge in [0, 0.05) is 4.91 Å². The fraction of sp³-hybridized carbons (Fsp3) is 0.500. The molecule has 0 spiro atoms. The van der Waals surface area contributed by atoms with E-state index in [1.54, 1.807) is 0 Å². The smallest absolute Gasteiger partial charge is 0.441 e. The van der Waals surface area contributed by atoms with Gasteiger partial charge >= 0.3 is 11.7 Å². The zero-order valence-corrected chi connectivity index (χ0v) is 7.38. The second-order valence-corrected chi connectivity index (χ2v) is 1.98. The maximum absolute atomic E-state index is 11.0. The molecule has 74 valence electrons. The summed E-state index contributed by atoms with van der Waals surface area (Å²) in [6.07, 6.45) is 0. The number of azide groups is 1. The molecule has 0 aromatic heterocycles. The molecule has 0 aromatic carbocycles. The molecule has 0 heterocycles. The van der Waals surface area contributed by atoms with Crippen LogP contribution in [0.4, 0.5) is 0 Å². The lowest BCUT2D eigenvalue weighted by atomic mass is 10.2. The van der Waals surface area contributed by atoms with Crippen LogP contribution in [0, 0.1) is 0 Å². The molecule has 0 saturated heterocycles. The quantitative estimate of drug-likeness (QED) is 0.155. The van der Waals surface area contributed by atoms with Crippen molar-refractivity contribution in [3.05, 3.63) is 16.0 Å². The molecule has 0 amide bonds. The van der Waals surface area contributed by atoms with Gasteiger partial charge in [-0.25, -0.2) is 4.79 Å². The molecule has 0 fully saturated rings. The van der Waals surface area contributed by atoms with Gasteiger partial charge in [-0.15, -0.1) is 0 Å². The van der Waals surface area contributed by atoms with E-state index in [0.717, 1.165) is 0 Å². The SMILES string of the molecule is CCOC(=O)C(=[N+]=[N-])C(=O)CN=[N+]=[N-]. The second-order valence-electron chi connectivity index (χ2n) is 1.98. The normalized spacial score (nSPS) is 8.07. The Bertz CT molecular complexity index is 337. The molecule has 8 heteroatoms. The van der Waals surface area contributed by atoms with Crippen LogP contribution in [0.3, 0.4) is 0 Å². The van der Waals surface area contributed by atoms with E-state index < -0.39 is 24.0 Å². The van der Waals surface area contributed by atoms with E-state index in [4.69, 9.17) is 11.1 Å². The lowest BCUT2D eigenvalue weighted by Gasteiger charge is -1.94. The van der Waals surface area contributed by atoms with Gasteiger partial charge in [-0.2, -0.15) is 4.79 Å². The van der Waals surface area contributed by atoms with Crippen LogP contribution in [-0.4, -0.2) is 35.4 Å². The molecule has 0 saturated carbocycles. The molecule has 0 aliphatic carbocycles.